The molecule has 0 bridgehead atoms. The number of allylic oxidation sites excluding steroid dienone is 1. The molecule has 27 heavy (non-hydrogen) atoms. The monoisotopic (exact) mass is 380 g/mol. The van der Waals surface area contributed by atoms with Crippen molar-refractivity contribution < 1.29 is 9.18 Å². The van der Waals surface area contributed by atoms with Crippen LogP contribution in [-0.2, 0) is 0 Å². The van der Waals surface area contributed by atoms with E-state index in [0.29, 0.717) is 33.8 Å². The van der Waals surface area contributed by atoms with Gasteiger partial charge in [-0.05, 0) is 43.3 Å². The molecule has 2 aromatic carbocycles. The minimum absolute atomic E-state index is 0.0107. The lowest BCUT2D eigenvalue weighted by atomic mass is 10.1. The summed E-state index contributed by atoms with van der Waals surface area (Å²) < 4.78 is 13.4. The number of H-pyrrole nitrogens is 1. The Kier molecular flexibility index (Phi) is 4.33. The van der Waals surface area contributed by atoms with E-state index in [-0.39, 0.29) is 10.9 Å². The Balaban J connectivity index is 1.71. The first-order chi connectivity index (χ1) is 13.1. The Hall–Kier alpha value is -3.25. The number of amidine groups is 1. The maximum absolute atomic E-state index is 13.4. The summed E-state index contributed by atoms with van der Waals surface area (Å²) in [6, 6.07) is 9.63. The van der Waals surface area contributed by atoms with Crippen LogP contribution in [0, 0.1) is 5.82 Å². The second-order valence-corrected chi connectivity index (χ2v) is 6.31. The van der Waals surface area contributed by atoms with Crippen LogP contribution in [0.15, 0.2) is 65.3 Å². The number of nitrogens with zero attached hydrogens (tertiary/aromatic N) is 2. The van der Waals surface area contributed by atoms with Gasteiger partial charge in [-0.1, -0.05) is 23.7 Å². The van der Waals surface area contributed by atoms with Crippen LogP contribution in [-0.4, -0.2) is 21.7 Å². The van der Waals surface area contributed by atoms with Gasteiger partial charge in [0.1, 0.15) is 23.0 Å². The number of rotatable bonds is 2. The van der Waals surface area contributed by atoms with E-state index in [0.717, 1.165) is 5.57 Å². The SMILES string of the molecule is C/C=C1/C=CN=C1NC(=O)c1cccc2[nH]c(-c3ccc(F)c(Cl)c3)nc12. The summed E-state index contributed by atoms with van der Waals surface area (Å²) in [5.41, 5.74) is 3.09. The average Bonchev–Trinajstić information content (AvgIpc) is 3.29. The molecule has 5 nitrogen and oxygen atoms in total. The van der Waals surface area contributed by atoms with Crippen LogP contribution >= 0.6 is 11.6 Å². The molecule has 0 fully saturated rings. The number of aromatic amines is 1. The zero-order valence-corrected chi connectivity index (χ0v) is 15.0. The second-order valence-electron chi connectivity index (χ2n) is 5.91. The minimum atomic E-state index is -0.498. The van der Waals surface area contributed by atoms with Crippen molar-refractivity contribution >= 4 is 34.4 Å². The third kappa shape index (κ3) is 3.15. The summed E-state index contributed by atoms with van der Waals surface area (Å²) in [4.78, 5) is 24.6. The molecule has 0 spiro atoms. The molecule has 0 aliphatic carbocycles. The fourth-order valence-corrected chi connectivity index (χ4v) is 3.03. The Labute approximate surface area is 159 Å². The highest BCUT2D eigenvalue weighted by molar-refractivity contribution is 6.31. The predicted molar refractivity (Wildman–Crippen MR) is 104 cm³/mol. The molecule has 0 saturated carbocycles. The van der Waals surface area contributed by atoms with Gasteiger partial charge in [-0.2, -0.15) is 0 Å². The smallest absolute Gasteiger partial charge is 0.259 e. The summed E-state index contributed by atoms with van der Waals surface area (Å²) in [7, 11) is 0. The molecule has 0 saturated heterocycles. The molecule has 4 rings (SSSR count). The van der Waals surface area contributed by atoms with Crippen LogP contribution < -0.4 is 5.32 Å². The van der Waals surface area contributed by atoms with Gasteiger partial charge in [-0.15, -0.1) is 0 Å². The number of carbonyl (C=O) groups is 1. The number of para-hydroxylation sites is 1. The highest BCUT2D eigenvalue weighted by atomic mass is 35.5. The fraction of sp³-hybridized carbons (Fsp3) is 0.0500. The number of aliphatic imine (C=N–C) groups is 1. The Morgan fingerprint density at radius 3 is 2.93 bits per heavy atom. The number of hydrogen-bond donors (Lipinski definition) is 2. The maximum Gasteiger partial charge on any atom is 0.259 e. The van der Waals surface area contributed by atoms with Crippen molar-refractivity contribution in [1.82, 2.24) is 15.3 Å². The fourth-order valence-electron chi connectivity index (χ4n) is 2.85. The van der Waals surface area contributed by atoms with Crippen molar-refractivity contribution in [2.45, 2.75) is 6.92 Å². The van der Waals surface area contributed by atoms with E-state index in [9.17, 15) is 9.18 Å². The standard InChI is InChI=1S/C20H14ClFN4O/c1-2-11-8-9-23-18(11)26-20(27)13-4-3-5-16-17(13)25-19(24-16)12-6-7-15(22)14(21)10-12/h2-10H,1H3,(H,24,25)(H,23,26,27)/b11-2-. The lowest BCUT2D eigenvalue weighted by Gasteiger charge is -2.06. The van der Waals surface area contributed by atoms with E-state index in [1.165, 1.54) is 12.1 Å². The lowest BCUT2D eigenvalue weighted by molar-refractivity contribution is 0.0978. The minimum Gasteiger partial charge on any atom is -0.338 e. The van der Waals surface area contributed by atoms with Gasteiger partial charge in [0.05, 0.1) is 16.1 Å². The first kappa shape index (κ1) is 17.2. The Bertz CT molecular complexity index is 1160. The normalized spacial score (nSPS) is 14.8. The van der Waals surface area contributed by atoms with Crippen molar-refractivity contribution in [3.05, 3.63) is 76.7 Å². The van der Waals surface area contributed by atoms with E-state index < -0.39 is 5.82 Å². The van der Waals surface area contributed by atoms with Crippen molar-refractivity contribution in [1.29, 1.82) is 0 Å². The molecular weight excluding hydrogens is 367 g/mol. The van der Waals surface area contributed by atoms with E-state index in [1.54, 1.807) is 24.4 Å². The van der Waals surface area contributed by atoms with Crippen LogP contribution in [0.3, 0.4) is 0 Å². The van der Waals surface area contributed by atoms with Crippen molar-refractivity contribution in [3.8, 4) is 11.4 Å². The molecule has 0 atom stereocenters. The van der Waals surface area contributed by atoms with E-state index in [2.05, 4.69) is 20.3 Å². The van der Waals surface area contributed by atoms with Gasteiger partial charge < -0.3 is 10.3 Å². The number of amides is 1. The summed E-state index contributed by atoms with van der Waals surface area (Å²) in [5.74, 6) is 0.196. The topological polar surface area (TPSA) is 70.1 Å². The van der Waals surface area contributed by atoms with Gasteiger partial charge >= 0.3 is 0 Å². The highest BCUT2D eigenvalue weighted by Gasteiger charge is 2.18. The second kappa shape index (κ2) is 6.81. The number of fused-ring (bicyclic) bond motifs is 1. The van der Waals surface area contributed by atoms with Gasteiger partial charge in [0.25, 0.3) is 5.91 Å². The number of nitrogens with one attached hydrogen (secondary N) is 2. The van der Waals surface area contributed by atoms with E-state index in [4.69, 9.17) is 11.6 Å². The van der Waals surface area contributed by atoms with Crippen LogP contribution in [0.1, 0.15) is 17.3 Å². The number of halogens is 2. The van der Waals surface area contributed by atoms with E-state index >= 15 is 0 Å². The third-order valence-electron chi connectivity index (χ3n) is 4.22. The Morgan fingerprint density at radius 2 is 2.15 bits per heavy atom. The Morgan fingerprint density at radius 1 is 1.30 bits per heavy atom. The molecule has 2 heterocycles. The van der Waals surface area contributed by atoms with Gasteiger partial charge in [-0.25, -0.2) is 14.4 Å². The van der Waals surface area contributed by atoms with Crippen LogP contribution in [0.4, 0.5) is 4.39 Å². The summed E-state index contributed by atoms with van der Waals surface area (Å²) in [5, 5.41) is 2.82. The number of aromatic nitrogens is 2. The zero-order chi connectivity index (χ0) is 19.0. The molecule has 1 aliphatic rings. The third-order valence-corrected chi connectivity index (χ3v) is 4.51. The molecule has 1 amide bonds. The molecule has 1 aromatic heterocycles. The van der Waals surface area contributed by atoms with Gasteiger partial charge in [-0.3, -0.25) is 4.79 Å². The summed E-state index contributed by atoms with van der Waals surface area (Å²) in [6.07, 6.45) is 5.33. The summed E-state index contributed by atoms with van der Waals surface area (Å²) >= 11 is 5.86. The average molecular weight is 381 g/mol. The number of hydrogen-bond acceptors (Lipinski definition) is 3. The molecule has 134 valence electrons. The number of carbonyl (C=O) groups excluding carboxylic acids is 1. The van der Waals surface area contributed by atoms with Crippen LogP contribution in [0.25, 0.3) is 22.4 Å². The first-order valence-electron chi connectivity index (χ1n) is 8.23. The quantitative estimate of drug-likeness (QED) is 0.680. The number of benzene rings is 2. The van der Waals surface area contributed by atoms with Crippen LogP contribution in [0.2, 0.25) is 5.02 Å². The molecule has 0 unspecified atom stereocenters. The van der Waals surface area contributed by atoms with Crippen molar-refractivity contribution in [2.24, 2.45) is 4.99 Å². The first-order valence-corrected chi connectivity index (χ1v) is 8.61. The van der Waals surface area contributed by atoms with Crippen LogP contribution in [0.5, 0.6) is 0 Å². The molecule has 7 heteroatoms. The summed E-state index contributed by atoms with van der Waals surface area (Å²) in [6.45, 7) is 1.88. The molecule has 0 radical (unpaired) electrons. The van der Waals surface area contributed by atoms with Crippen molar-refractivity contribution in [3.63, 3.8) is 0 Å². The molecular formula is C20H14ClFN4O. The zero-order valence-electron chi connectivity index (χ0n) is 14.3. The largest absolute Gasteiger partial charge is 0.338 e. The van der Waals surface area contributed by atoms with Gasteiger partial charge in [0.15, 0.2) is 0 Å². The van der Waals surface area contributed by atoms with Gasteiger partial charge in [0, 0.05) is 17.3 Å². The van der Waals surface area contributed by atoms with E-state index in [1.807, 2.05) is 25.1 Å². The van der Waals surface area contributed by atoms with Crippen molar-refractivity contribution in [2.75, 3.05) is 0 Å². The molecule has 3 aromatic rings. The van der Waals surface area contributed by atoms with Gasteiger partial charge in [0.2, 0.25) is 0 Å². The highest BCUT2D eigenvalue weighted by Crippen LogP contribution is 2.26. The predicted octanol–water partition coefficient (Wildman–Crippen LogP) is 4.62. The maximum atomic E-state index is 13.4. The molecule has 1 aliphatic heterocycles. The number of imidazole rings is 1. The lowest BCUT2D eigenvalue weighted by Crippen LogP contribution is -2.30. The molecule has 2 N–H and O–H groups in total.